The molecule has 5 atom stereocenters. The lowest BCUT2D eigenvalue weighted by atomic mass is 9.98. The smallest absolute Gasteiger partial charge is 0.228 e. The predicted molar refractivity (Wildman–Crippen MR) is 129 cm³/mol. The third kappa shape index (κ3) is 7.11. The molecule has 0 spiro atoms. The summed E-state index contributed by atoms with van der Waals surface area (Å²) in [6.45, 7) is 0.595. The molecule has 3 aromatic carbocycles. The number of alkyl halides is 1. The molecule has 8 heteroatoms. The first-order chi connectivity index (χ1) is 17.2. The fraction of sp³-hybridized carbons (Fsp3) is 0.333. The van der Waals surface area contributed by atoms with Gasteiger partial charge in [-0.2, -0.15) is 0 Å². The molecular weight excluding hydrogens is 449 g/mol. The van der Waals surface area contributed by atoms with Crippen LogP contribution in [0.25, 0.3) is 10.4 Å². The summed E-state index contributed by atoms with van der Waals surface area (Å²) in [5.41, 5.74) is 11.6. The quantitative estimate of drug-likeness (QED) is 0.200. The van der Waals surface area contributed by atoms with Crippen molar-refractivity contribution in [3.8, 4) is 0 Å². The van der Waals surface area contributed by atoms with Gasteiger partial charge in [-0.25, -0.2) is 4.39 Å². The average molecular weight is 478 g/mol. The van der Waals surface area contributed by atoms with E-state index >= 15 is 4.39 Å². The zero-order chi connectivity index (χ0) is 24.3. The third-order valence-corrected chi connectivity index (χ3v) is 5.76. The number of halogens is 1. The predicted octanol–water partition coefficient (Wildman–Crippen LogP) is 5.75. The van der Waals surface area contributed by atoms with Crippen LogP contribution in [0.2, 0.25) is 0 Å². The van der Waals surface area contributed by atoms with E-state index in [0.717, 1.165) is 16.7 Å². The van der Waals surface area contributed by atoms with E-state index in [1.807, 2.05) is 91.0 Å². The van der Waals surface area contributed by atoms with Crippen molar-refractivity contribution >= 4 is 0 Å². The molecule has 182 valence electrons. The first kappa shape index (κ1) is 24.9. The molecule has 1 aliphatic rings. The fourth-order valence-corrected chi connectivity index (χ4v) is 4.00. The Morgan fingerprint density at radius 2 is 1.11 bits per heavy atom. The fourth-order valence-electron chi connectivity index (χ4n) is 4.00. The average Bonchev–Trinajstić information content (AvgIpc) is 2.91. The van der Waals surface area contributed by atoms with Gasteiger partial charge in [-0.1, -0.05) is 96.1 Å². The highest BCUT2D eigenvalue weighted by molar-refractivity contribution is 5.15. The molecule has 3 aromatic rings. The van der Waals surface area contributed by atoms with Crippen LogP contribution in [0.3, 0.4) is 0 Å². The summed E-state index contributed by atoms with van der Waals surface area (Å²) >= 11 is 0. The van der Waals surface area contributed by atoms with Crippen molar-refractivity contribution in [2.45, 2.75) is 50.6 Å². The van der Waals surface area contributed by atoms with Crippen LogP contribution < -0.4 is 0 Å². The maximum absolute atomic E-state index is 15.3. The van der Waals surface area contributed by atoms with Gasteiger partial charge in [0.1, 0.15) is 18.3 Å². The molecule has 0 aliphatic carbocycles. The van der Waals surface area contributed by atoms with Gasteiger partial charge >= 0.3 is 0 Å². The van der Waals surface area contributed by atoms with Crippen LogP contribution in [0.4, 0.5) is 4.39 Å². The van der Waals surface area contributed by atoms with Crippen LogP contribution >= 0.6 is 0 Å². The van der Waals surface area contributed by atoms with E-state index in [1.54, 1.807) is 0 Å². The molecule has 0 saturated carbocycles. The largest absolute Gasteiger partial charge is 0.368 e. The molecule has 1 heterocycles. The van der Waals surface area contributed by atoms with E-state index in [2.05, 4.69) is 10.0 Å². The monoisotopic (exact) mass is 477 g/mol. The van der Waals surface area contributed by atoms with Gasteiger partial charge in [0.25, 0.3) is 0 Å². The van der Waals surface area contributed by atoms with Gasteiger partial charge in [0.05, 0.1) is 32.5 Å². The number of hydrogen-bond acceptors (Lipinski definition) is 5. The van der Waals surface area contributed by atoms with E-state index < -0.39 is 30.8 Å². The van der Waals surface area contributed by atoms with Crippen LogP contribution in [0, 0.1) is 0 Å². The Balaban J connectivity index is 1.57. The zero-order valence-electron chi connectivity index (χ0n) is 19.2. The number of azide groups is 1. The zero-order valence-corrected chi connectivity index (χ0v) is 19.2. The Labute approximate surface area is 204 Å². The number of benzene rings is 3. The molecule has 1 fully saturated rings. The molecule has 4 rings (SSSR count). The molecule has 1 aliphatic heterocycles. The molecule has 0 amide bonds. The Morgan fingerprint density at radius 3 is 1.57 bits per heavy atom. The Kier molecular flexibility index (Phi) is 9.23. The molecule has 35 heavy (non-hydrogen) atoms. The van der Waals surface area contributed by atoms with E-state index in [0.29, 0.717) is 0 Å². The van der Waals surface area contributed by atoms with Crippen LogP contribution in [0.1, 0.15) is 16.7 Å². The van der Waals surface area contributed by atoms with Gasteiger partial charge in [0.15, 0.2) is 0 Å². The topological polar surface area (TPSA) is 85.7 Å². The van der Waals surface area contributed by atoms with Crippen LogP contribution in [-0.2, 0) is 38.8 Å². The minimum absolute atomic E-state index is 0.0903. The number of ether oxygens (including phenoxy) is 4. The summed E-state index contributed by atoms with van der Waals surface area (Å²) in [4.78, 5) is 2.82. The molecule has 0 bridgehead atoms. The first-order valence-corrected chi connectivity index (χ1v) is 11.5. The first-order valence-electron chi connectivity index (χ1n) is 11.5. The second-order valence-electron chi connectivity index (χ2n) is 8.22. The Bertz CT molecular complexity index is 1070. The lowest BCUT2D eigenvalue weighted by Crippen LogP contribution is -2.59. The summed E-state index contributed by atoms with van der Waals surface area (Å²) in [6, 6.07) is 28.8. The van der Waals surface area contributed by atoms with Gasteiger partial charge < -0.3 is 18.9 Å². The van der Waals surface area contributed by atoms with Crippen molar-refractivity contribution in [2.75, 3.05) is 6.54 Å². The maximum Gasteiger partial charge on any atom is 0.228 e. The van der Waals surface area contributed by atoms with Crippen molar-refractivity contribution in [1.29, 1.82) is 0 Å². The minimum Gasteiger partial charge on any atom is -0.368 e. The van der Waals surface area contributed by atoms with Crippen molar-refractivity contribution in [1.82, 2.24) is 0 Å². The number of nitrogens with zero attached hydrogens (tertiary/aromatic N) is 3. The van der Waals surface area contributed by atoms with Gasteiger partial charge in [-0.05, 0) is 22.2 Å². The third-order valence-electron chi connectivity index (χ3n) is 5.76. The van der Waals surface area contributed by atoms with Crippen LogP contribution in [-0.4, -0.2) is 37.3 Å². The van der Waals surface area contributed by atoms with Crippen molar-refractivity contribution < 1.29 is 23.3 Å². The van der Waals surface area contributed by atoms with E-state index in [1.165, 1.54) is 0 Å². The summed E-state index contributed by atoms with van der Waals surface area (Å²) < 4.78 is 39.4. The maximum atomic E-state index is 15.3. The standard InChI is InChI=1S/C27H28FN3O4/c28-27-26(34-19-22-14-8-3-9-15-22)25(33-18-21-12-6-2-7-13-21)24(23(35-27)16-30-31-29)32-17-20-10-4-1-5-11-20/h1-15,23-27H,16-19H2. The van der Waals surface area contributed by atoms with Gasteiger partial charge in [-0.15, -0.1) is 0 Å². The highest BCUT2D eigenvalue weighted by Gasteiger charge is 2.48. The molecule has 7 nitrogen and oxygen atoms in total. The molecule has 1 saturated heterocycles. The second-order valence-corrected chi connectivity index (χ2v) is 8.22. The molecule has 5 unspecified atom stereocenters. The minimum atomic E-state index is -1.78. The van der Waals surface area contributed by atoms with Crippen LogP contribution in [0.15, 0.2) is 96.1 Å². The van der Waals surface area contributed by atoms with E-state index in [4.69, 9.17) is 24.5 Å². The number of rotatable bonds is 11. The van der Waals surface area contributed by atoms with Crippen LogP contribution in [0.5, 0.6) is 0 Å². The Morgan fingerprint density at radius 1 is 0.686 bits per heavy atom. The number of hydrogen-bond donors (Lipinski definition) is 0. The molecular formula is C27H28FN3O4. The van der Waals surface area contributed by atoms with Gasteiger partial charge in [-0.3, -0.25) is 0 Å². The summed E-state index contributed by atoms with van der Waals surface area (Å²) in [5.74, 6) is 0. The Hall–Kier alpha value is -3.26. The highest BCUT2D eigenvalue weighted by Crippen LogP contribution is 2.31. The van der Waals surface area contributed by atoms with Crippen molar-refractivity contribution in [3.05, 3.63) is 118 Å². The second kappa shape index (κ2) is 13.0. The highest BCUT2D eigenvalue weighted by atomic mass is 19.1. The molecule has 0 radical (unpaired) electrons. The normalized spacial score (nSPS) is 24.0. The van der Waals surface area contributed by atoms with E-state index in [-0.39, 0.29) is 26.4 Å². The molecule has 0 N–H and O–H groups in total. The lowest BCUT2D eigenvalue weighted by molar-refractivity contribution is -0.290. The van der Waals surface area contributed by atoms with Crippen molar-refractivity contribution in [3.63, 3.8) is 0 Å². The van der Waals surface area contributed by atoms with E-state index in [9.17, 15) is 0 Å². The molecule has 0 aromatic heterocycles. The lowest BCUT2D eigenvalue weighted by Gasteiger charge is -2.43. The van der Waals surface area contributed by atoms with Gasteiger partial charge in [0.2, 0.25) is 6.36 Å². The summed E-state index contributed by atoms with van der Waals surface area (Å²) in [5, 5.41) is 3.62. The van der Waals surface area contributed by atoms with Crippen molar-refractivity contribution in [2.24, 2.45) is 5.11 Å². The van der Waals surface area contributed by atoms with Gasteiger partial charge in [0, 0.05) is 4.91 Å². The SMILES string of the molecule is [N-]=[N+]=NCC1OC(F)C(OCc2ccccc2)C(OCc2ccccc2)C1OCc1ccccc1. The summed E-state index contributed by atoms with van der Waals surface area (Å²) in [6.07, 6.45) is -5.18. The summed E-state index contributed by atoms with van der Waals surface area (Å²) in [7, 11) is 0.